The van der Waals surface area contributed by atoms with Crippen LogP contribution < -0.4 is 5.32 Å². The van der Waals surface area contributed by atoms with Gasteiger partial charge < -0.3 is 10.4 Å². The second kappa shape index (κ2) is 4.16. The van der Waals surface area contributed by atoms with Crippen LogP contribution in [0, 0.1) is 0 Å². The van der Waals surface area contributed by atoms with Crippen LogP contribution in [0.5, 0.6) is 0 Å². The van der Waals surface area contributed by atoms with E-state index in [4.69, 9.17) is 6.48 Å². The number of thiol groups is 1. The molecule has 0 aliphatic rings. The van der Waals surface area contributed by atoms with Gasteiger partial charge in [0, 0.05) is 14.0 Å². The van der Waals surface area contributed by atoms with Crippen LogP contribution in [0.3, 0.4) is 0 Å². The summed E-state index contributed by atoms with van der Waals surface area (Å²) in [6, 6.07) is -0.990. The highest BCUT2D eigenvalue weighted by molar-refractivity contribution is 7.80. The molecule has 0 rings (SSSR count). The largest absolute Gasteiger partial charge is 0.480 e. The summed E-state index contributed by atoms with van der Waals surface area (Å²) in [5.41, 5.74) is 0. The minimum Gasteiger partial charge on any atom is -0.480 e. The number of rotatable bonds is 3. The highest BCUT2D eigenvalue weighted by Crippen LogP contribution is 1.86. The molecular weight excluding hydrogens is 154 g/mol. The molecule has 10 heavy (non-hydrogen) atoms. The molecule has 0 fully saturated rings. The van der Waals surface area contributed by atoms with E-state index in [9.17, 15) is 9.59 Å². The van der Waals surface area contributed by atoms with Crippen LogP contribution in [0.25, 0.3) is 0 Å². The Morgan fingerprint density at radius 1 is 1.90 bits per heavy atom. The molecule has 5 heteroatoms. The van der Waals surface area contributed by atoms with Crippen molar-refractivity contribution >= 4 is 24.5 Å². The number of amides is 1. The molecule has 0 radical (unpaired) electrons. The van der Waals surface area contributed by atoms with Crippen molar-refractivity contribution in [2.24, 2.45) is 0 Å². The Kier molecular flexibility index (Phi) is 3.08. The third kappa shape index (κ3) is 3.34. The zero-order valence-electron chi connectivity index (χ0n) is 6.20. The number of aliphatic carboxylic acids is 1. The molecule has 1 amide bonds. The van der Waals surface area contributed by atoms with Crippen LogP contribution in [0.2, 0.25) is 0 Å². The Morgan fingerprint density at radius 3 is 2.80 bits per heavy atom. The first kappa shape index (κ1) is 7.40. The van der Waals surface area contributed by atoms with E-state index in [1.165, 1.54) is 0 Å². The summed E-state index contributed by atoms with van der Waals surface area (Å²) in [4.78, 5) is 20.7. The maximum atomic E-state index is 10.5. The van der Waals surface area contributed by atoms with E-state index in [1.807, 2.05) is 0 Å². The molecule has 0 saturated carbocycles. The van der Waals surface area contributed by atoms with Crippen molar-refractivity contribution in [3.8, 4) is 0 Å². The van der Waals surface area contributed by atoms with Crippen molar-refractivity contribution in [3.05, 3.63) is 0 Å². The van der Waals surface area contributed by atoms with Gasteiger partial charge >= 0.3 is 5.97 Å². The van der Waals surface area contributed by atoms with Crippen molar-refractivity contribution in [2.75, 3.05) is 5.75 Å². The smallest absolute Gasteiger partial charge is 0.327 e. The summed E-state index contributed by atoms with van der Waals surface area (Å²) >= 11 is 3.71. The van der Waals surface area contributed by atoms with E-state index in [2.05, 4.69) is 17.9 Å². The molecule has 0 aliphatic heterocycles. The number of carboxylic acids is 1. The van der Waals surface area contributed by atoms with E-state index < -0.39 is 24.8 Å². The number of hydrogen-bond donors (Lipinski definition) is 3. The van der Waals surface area contributed by atoms with Crippen LogP contribution in [0.15, 0.2) is 0 Å². The molecule has 1 atom stereocenters. The van der Waals surface area contributed by atoms with E-state index in [0.29, 0.717) is 0 Å². The Balaban J connectivity index is 3.88. The fourth-order valence-electron chi connectivity index (χ4n) is 0.380. The lowest BCUT2D eigenvalue weighted by Gasteiger charge is -2.08. The second-order valence-electron chi connectivity index (χ2n) is 1.64. The van der Waals surface area contributed by atoms with Gasteiger partial charge in [-0.25, -0.2) is 4.79 Å². The molecule has 1 unspecified atom stereocenters. The molecule has 2 N–H and O–H groups in total. The Hall–Kier alpha value is -0.710. The quantitative estimate of drug-likeness (QED) is 0.493. The molecule has 0 bridgehead atoms. The van der Waals surface area contributed by atoms with E-state index in [-0.39, 0.29) is 5.75 Å². The van der Waals surface area contributed by atoms with Gasteiger partial charge in [0.25, 0.3) is 0 Å². The second-order valence-corrected chi connectivity index (χ2v) is 2.01. The third-order valence-corrected chi connectivity index (χ3v) is 1.18. The van der Waals surface area contributed by atoms with Gasteiger partial charge in [-0.3, -0.25) is 4.79 Å². The molecule has 58 valence electrons. The number of carboxylic acid groups (broad SMARTS) is 1. The Morgan fingerprint density at radius 2 is 2.50 bits per heavy atom. The molecule has 0 aliphatic carbocycles. The normalized spacial score (nSPS) is 13.5. The fourth-order valence-corrected chi connectivity index (χ4v) is 0.627. The van der Waals surface area contributed by atoms with Gasteiger partial charge in [0.1, 0.15) is 6.04 Å². The number of nitrogens with one attached hydrogen (secondary N) is 1. The van der Waals surface area contributed by atoms with Crippen LogP contribution in [-0.4, -0.2) is 28.8 Å². The Bertz CT molecular complexity index is 164. The van der Waals surface area contributed by atoms with Crippen molar-refractivity contribution in [1.82, 2.24) is 5.32 Å². The van der Waals surface area contributed by atoms with Gasteiger partial charge in [0.15, 0.2) is 0 Å². The molecule has 0 saturated heterocycles. The number of hydrogen-bond acceptors (Lipinski definition) is 3. The standard InChI is InChI=1S/C5H9NO3S/c1-3(7)6-4(2-10)5(8)9/h4,10H,2H2,1H3,(H,6,7)(H,8,9)/i1D. The molecule has 0 aromatic heterocycles. The molecule has 0 aromatic carbocycles. The summed E-state index contributed by atoms with van der Waals surface area (Å²) in [7, 11) is 0. The van der Waals surface area contributed by atoms with Gasteiger partial charge in [-0.15, -0.1) is 0 Å². The first-order chi connectivity index (χ1) is 5.11. The summed E-state index contributed by atoms with van der Waals surface area (Å²) in [6.07, 6.45) is 0. The summed E-state index contributed by atoms with van der Waals surface area (Å²) < 4.78 is 6.59. The topological polar surface area (TPSA) is 66.4 Å². The minimum absolute atomic E-state index is 0.0288. The molecular formula is C5H9NO3S. The predicted molar refractivity (Wildman–Crippen MR) is 39.1 cm³/mol. The van der Waals surface area contributed by atoms with Gasteiger partial charge in [0.05, 0.1) is 0 Å². The third-order valence-electron chi connectivity index (χ3n) is 0.816. The first-order valence-electron chi connectivity index (χ1n) is 3.24. The van der Waals surface area contributed by atoms with Gasteiger partial charge in [-0.1, -0.05) is 0 Å². The fraction of sp³-hybridized carbons (Fsp3) is 0.600. The van der Waals surface area contributed by atoms with Gasteiger partial charge in [-0.2, -0.15) is 12.6 Å². The molecule has 0 spiro atoms. The zero-order valence-corrected chi connectivity index (χ0v) is 6.10. The van der Waals surface area contributed by atoms with Crippen molar-refractivity contribution in [2.45, 2.75) is 12.9 Å². The lowest BCUT2D eigenvalue weighted by molar-refractivity contribution is -0.140. The lowest BCUT2D eigenvalue weighted by atomic mass is 10.3. The zero-order chi connectivity index (χ0) is 8.85. The minimum atomic E-state index is -1.14. The van der Waals surface area contributed by atoms with Crippen LogP contribution in [0.1, 0.15) is 8.27 Å². The summed E-state index contributed by atoms with van der Waals surface area (Å²) in [6.45, 7) is -0.461. The lowest BCUT2D eigenvalue weighted by Crippen LogP contribution is -2.40. The average molecular weight is 164 g/mol. The van der Waals surface area contributed by atoms with Gasteiger partial charge in [-0.05, 0) is 0 Å². The molecule has 0 heterocycles. The predicted octanol–water partition coefficient (Wildman–Crippen LogP) is -0.495. The maximum Gasteiger partial charge on any atom is 0.327 e. The highest BCUT2D eigenvalue weighted by Gasteiger charge is 2.14. The average Bonchev–Trinajstić information content (AvgIpc) is 1.99. The van der Waals surface area contributed by atoms with E-state index in [1.54, 1.807) is 0 Å². The van der Waals surface area contributed by atoms with Crippen LogP contribution in [0.4, 0.5) is 0 Å². The van der Waals surface area contributed by atoms with Crippen molar-refractivity contribution in [3.63, 3.8) is 0 Å². The summed E-state index contributed by atoms with van der Waals surface area (Å²) in [5, 5.41) is 10.5. The summed E-state index contributed by atoms with van der Waals surface area (Å²) in [5.74, 6) is -1.71. The number of carbonyl (C=O) groups excluding carboxylic acids is 1. The van der Waals surface area contributed by atoms with Crippen LogP contribution in [-0.2, 0) is 9.59 Å². The van der Waals surface area contributed by atoms with Crippen molar-refractivity contribution < 1.29 is 16.1 Å². The SMILES string of the molecule is [2H]CC(=O)NC(CS)C(=O)O. The molecule has 0 aromatic rings. The monoisotopic (exact) mass is 164 g/mol. The van der Waals surface area contributed by atoms with Crippen LogP contribution >= 0.6 is 12.6 Å². The molecule has 4 nitrogen and oxygen atoms in total. The number of carbonyl (C=O) groups is 2. The highest BCUT2D eigenvalue weighted by atomic mass is 32.1. The van der Waals surface area contributed by atoms with Crippen molar-refractivity contribution in [1.29, 1.82) is 0 Å². The first-order valence-corrected chi connectivity index (χ1v) is 3.17. The van der Waals surface area contributed by atoms with Gasteiger partial charge in [0.2, 0.25) is 5.91 Å². The maximum absolute atomic E-state index is 10.5. The Labute approximate surface area is 65.4 Å². The van der Waals surface area contributed by atoms with E-state index >= 15 is 0 Å². The van der Waals surface area contributed by atoms with E-state index in [0.717, 1.165) is 0 Å².